The number of halogens is 1. The maximum Gasteiger partial charge on any atom is 0.340 e. The first-order valence-corrected chi connectivity index (χ1v) is 6.90. The molecule has 110 valence electrons. The lowest BCUT2D eigenvalue weighted by molar-refractivity contribution is 0.0527. The maximum absolute atomic E-state index is 11.8. The monoisotopic (exact) mass is 305 g/mol. The fourth-order valence-corrected chi connectivity index (χ4v) is 1.98. The molecule has 2 rings (SSSR count). The molecule has 2 N–H and O–H groups in total. The van der Waals surface area contributed by atoms with E-state index in [-0.39, 0.29) is 17.9 Å². The zero-order valence-corrected chi connectivity index (χ0v) is 12.6. The van der Waals surface area contributed by atoms with Crippen molar-refractivity contribution in [3.63, 3.8) is 0 Å². The molecular weight excluding hydrogens is 290 g/mol. The predicted octanol–water partition coefficient (Wildman–Crippen LogP) is 4.20. The van der Waals surface area contributed by atoms with Crippen molar-refractivity contribution in [1.29, 1.82) is 0 Å². The van der Waals surface area contributed by atoms with Crippen molar-refractivity contribution in [3.8, 4) is 11.5 Å². The molecule has 0 saturated heterocycles. The number of esters is 1. The van der Waals surface area contributed by atoms with E-state index in [9.17, 15) is 4.79 Å². The lowest BCUT2D eigenvalue weighted by atomic mass is 10.1. The largest absolute Gasteiger partial charge is 0.462 e. The average molecular weight is 306 g/mol. The van der Waals surface area contributed by atoms with Crippen LogP contribution in [0, 0.1) is 6.92 Å². The summed E-state index contributed by atoms with van der Waals surface area (Å²) in [5.41, 5.74) is 7.50. The van der Waals surface area contributed by atoms with Crippen LogP contribution in [0.5, 0.6) is 11.5 Å². The Morgan fingerprint density at radius 1 is 1.24 bits per heavy atom. The van der Waals surface area contributed by atoms with Gasteiger partial charge in [-0.25, -0.2) is 4.79 Å². The number of rotatable bonds is 4. The number of hydrogen-bond donors (Lipinski definition) is 1. The molecule has 0 aromatic heterocycles. The fourth-order valence-electron chi connectivity index (χ4n) is 1.83. The zero-order chi connectivity index (χ0) is 15.4. The van der Waals surface area contributed by atoms with Crippen LogP contribution in [0.25, 0.3) is 0 Å². The lowest BCUT2D eigenvalue weighted by Gasteiger charge is -2.13. The van der Waals surface area contributed by atoms with Crippen molar-refractivity contribution < 1.29 is 14.3 Å². The summed E-state index contributed by atoms with van der Waals surface area (Å²) in [4.78, 5) is 11.8. The van der Waals surface area contributed by atoms with Gasteiger partial charge in [0.25, 0.3) is 0 Å². The molecule has 2 aromatic carbocycles. The smallest absolute Gasteiger partial charge is 0.340 e. The van der Waals surface area contributed by atoms with Crippen molar-refractivity contribution in [2.24, 2.45) is 0 Å². The summed E-state index contributed by atoms with van der Waals surface area (Å²) >= 11 is 6.09. The normalized spacial score (nSPS) is 10.2. The summed E-state index contributed by atoms with van der Waals surface area (Å²) in [6, 6.07) is 10.4. The predicted molar refractivity (Wildman–Crippen MR) is 83.1 cm³/mol. The van der Waals surface area contributed by atoms with Crippen molar-refractivity contribution in [3.05, 3.63) is 52.5 Å². The Hall–Kier alpha value is -2.20. The summed E-state index contributed by atoms with van der Waals surface area (Å²) < 4.78 is 10.7. The number of para-hydroxylation sites is 1. The first-order valence-electron chi connectivity index (χ1n) is 6.52. The quantitative estimate of drug-likeness (QED) is 0.679. The molecular formula is C16H16ClNO3. The Bertz CT molecular complexity index is 671. The highest BCUT2D eigenvalue weighted by molar-refractivity contribution is 6.32. The number of anilines is 1. The van der Waals surface area contributed by atoms with E-state index in [4.69, 9.17) is 26.8 Å². The second-order valence-electron chi connectivity index (χ2n) is 4.47. The molecule has 0 aliphatic rings. The molecule has 0 aliphatic carbocycles. The molecule has 0 spiro atoms. The van der Waals surface area contributed by atoms with Crippen molar-refractivity contribution in [2.75, 3.05) is 12.3 Å². The van der Waals surface area contributed by atoms with Gasteiger partial charge in [-0.15, -0.1) is 0 Å². The number of nitrogens with two attached hydrogens (primary N) is 1. The number of ether oxygens (including phenoxy) is 2. The highest BCUT2D eigenvalue weighted by Gasteiger charge is 2.15. The highest BCUT2D eigenvalue weighted by Crippen LogP contribution is 2.34. The summed E-state index contributed by atoms with van der Waals surface area (Å²) in [7, 11) is 0. The first-order chi connectivity index (χ1) is 10.0. The molecule has 0 radical (unpaired) electrons. The topological polar surface area (TPSA) is 61.5 Å². The fraction of sp³-hybridized carbons (Fsp3) is 0.188. The van der Waals surface area contributed by atoms with Gasteiger partial charge in [-0.1, -0.05) is 23.7 Å². The molecule has 2 aromatic rings. The summed E-state index contributed by atoms with van der Waals surface area (Å²) in [6.07, 6.45) is 0. The Kier molecular flexibility index (Phi) is 4.70. The van der Waals surface area contributed by atoms with E-state index >= 15 is 0 Å². The van der Waals surface area contributed by atoms with Crippen molar-refractivity contribution in [1.82, 2.24) is 0 Å². The second kappa shape index (κ2) is 6.50. The van der Waals surface area contributed by atoms with Crippen LogP contribution in [0.2, 0.25) is 5.02 Å². The summed E-state index contributed by atoms with van der Waals surface area (Å²) in [6.45, 7) is 3.95. The zero-order valence-electron chi connectivity index (χ0n) is 11.9. The van der Waals surface area contributed by atoms with Crippen LogP contribution in [0.3, 0.4) is 0 Å². The number of nitrogen functional groups attached to an aromatic ring is 1. The molecule has 0 fully saturated rings. The first kappa shape index (κ1) is 15.2. The van der Waals surface area contributed by atoms with E-state index in [2.05, 4.69) is 0 Å². The third-order valence-corrected chi connectivity index (χ3v) is 3.18. The van der Waals surface area contributed by atoms with Crippen LogP contribution < -0.4 is 10.5 Å². The molecule has 0 saturated carbocycles. The molecule has 0 bridgehead atoms. The van der Waals surface area contributed by atoms with Gasteiger partial charge in [-0.05, 0) is 43.7 Å². The Labute approximate surface area is 128 Å². The standard InChI is InChI=1S/C16H16ClNO3/c1-3-20-16(19)11-5-4-6-13(15(11)18)21-14-9-10(2)7-8-12(14)17/h4-9H,3,18H2,1-2H3. The molecule has 21 heavy (non-hydrogen) atoms. The Morgan fingerprint density at radius 3 is 2.71 bits per heavy atom. The summed E-state index contributed by atoms with van der Waals surface area (Å²) in [5, 5.41) is 0.474. The SMILES string of the molecule is CCOC(=O)c1cccc(Oc2cc(C)ccc2Cl)c1N. The van der Waals surface area contributed by atoms with Crippen LogP contribution in [-0.4, -0.2) is 12.6 Å². The van der Waals surface area contributed by atoms with Crippen LogP contribution in [0.1, 0.15) is 22.8 Å². The minimum absolute atomic E-state index is 0.230. The Balaban J connectivity index is 2.35. The minimum atomic E-state index is -0.476. The van der Waals surface area contributed by atoms with Crippen molar-refractivity contribution in [2.45, 2.75) is 13.8 Å². The van der Waals surface area contributed by atoms with Gasteiger partial charge in [-0.2, -0.15) is 0 Å². The highest BCUT2D eigenvalue weighted by atomic mass is 35.5. The van der Waals surface area contributed by atoms with E-state index in [0.717, 1.165) is 5.56 Å². The van der Waals surface area contributed by atoms with Gasteiger partial charge in [0.2, 0.25) is 0 Å². The number of carbonyl (C=O) groups excluding carboxylic acids is 1. The van der Waals surface area contributed by atoms with E-state index in [0.29, 0.717) is 16.5 Å². The third-order valence-electron chi connectivity index (χ3n) is 2.87. The Morgan fingerprint density at radius 2 is 2.00 bits per heavy atom. The van der Waals surface area contributed by atoms with Crippen LogP contribution >= 0.6 is 11.6 Å². The van der Waals surface area contributed by atoms with E-state index in [1.807, 2.05) is 13.0 Å². The van der Waals surface area contributed by atoms with Gasteiger partial charge in [0.1, 0.15) is 5.75 Å². The average Bonchev–Trinajstić information content (AvgIpc) is 2.45. The van der Waals surface area contributed by atoms with Gasteiger partial charge in [0.15, 0.2) is 5.75 Å². The van der Waals surface area contributed by atoms with E-state index < -0.39 is 5.97 Å². The number of hydrogen-bond acceptors (Lipinski definition) is 4. The molecule has 0 atom stereocenters. The summed E-state index contributed by atoms with van der Waals surface area (Å²) in [5.74, 6) is 0.383. The van der Waals surface area contributed by atoms with Gasteiger partial charge in [0, 0.05) is 0 Å². The molecule has 4 nitrogen and oxygen atoms in total. The lowest BCUT2D eigenvalue weighted by Crippen LogP contribution is -2.08. The molecule has 0 heterocycles. The van der Waals surface area contributed by atoms with Gasteiger partial charge >= 0.3 is 5.97 Å². The molecule has 0 unspecified atom stereocenters. The van der Waals surface area contributed by atoms with Gasteiger partial charge in [-0.3, -0.25) is 0 Å². The molecule has 5 heteroatoms. The van der Waals surface area contributed by atoms with Crippen LogP contribution in [0.4, 0.5) is 5.69 Å². The number of carbonyl (C=O) groups is 1. The minimum Gasteiger partial charge on any atom is -0.462 e. The second-order valence-corrected chi connectivity index (χ2v) is 4.88. The third kappa shape index (κ3) is 3.47. The number of aryl methyl sites for hydroxylation is 1. The van der Waals surface area contributed by atoms with Crippen molar-refractivity contribution >= 4 is 23.3 Å². The van der Waals surface area contributed by atoms with Gasteiger partial charge < -0.3 is 15.2 Å². The van der Waals surface area contributed by atoms with E-state index in [1.54, 1.807) is 37.3 Å². The molecule has 0 aliphatic heterocycles. The number of benzene rings is 2. The van der Waals surface area contributed by atoms with E-state index in [1.165, 1.54) is 0 Å². The van der Waals surface area contributed by atoms with Gasteiger partial charge in [0.05, 0.1) is 22.9 Å². The maximum atomic E-state index is 11.8. The van der Waals surface area contributed by atoms with Crippen LogP contribution in [-0.2, 0) is 4.74 Å². The van der Waals surface area contributed by atoms with Crippen LogP contribution in [0.15, 0.2) is 36.4 Å². The molecule has 0 amide bonds.